The highest BCUT2D eigenvalue weighted by molar-refractivity contribution is 6.01. The number of nitrogens with two attached hydrogens (primary N) is 1. The lowest BCUT2D eigenvalue weighted by Gasteiger charge is -2.32. The molecule has 1 aliphatic rings. The van der Waals surface area contributed by atoms with Crippen molar-refractivity contribution < 1.29 is 19.9 Å². The van der Waals surface area contributed by atoms with Gasteiger partial charge < -0.3 is 16.0 Å². The van der Waals surface area contributed by atoms with Crippen LogP contribution < -0.4 is 10.6 Å². The summed E-state index contributed by atoms with van der Waals surface area (Å²) in [6.07, 6.45) is 1.35. The summed E-state index contributed by atoms with van der Waals surface area (Å²) >= 11 is 0. The highest BCUT2D eigenvalue weighted by atomic mass is 16.4. The van der Waals surface area contributed by atoms with Crippen molar-refractivity contribution in [2.75, 3.05) is 4.90 Å². The molecule has 106 valence electrons. The number of benzene rings is 1. The fraction of sp³-hybridized carbons (Fsp3) is 0.308. The predicted molar refractivity (Wildman–Crippen MR) is 71.7 cm³/mol. The number of oxime groups is 1. The van der Waals surface area contributed by atoms with Crippen LogP contribution in [0.5, 0.6) is 0 Å². The second-order valence-electron chi connectivity index (χ2n) is 4.54. The Morgan fingerprint density at radius 3 is 2.55 bits per heavy atom. The second-order valence-corrected chi connectivity index (χ2v) is 4.54. The van der Waals surface area contributed by atoms with Gasteiger partial charge in [-0.1, -0.05) is 5.16 Å². The first kappa shape index (κ1) is 13.9. The number of rotatable bonds is 3. The van der Waals surface area contributed by atoms with Crippen molar-refractivity contribution in [3.05, 3.63) is 29.8 Å². The van der Waals surface area contributed by atoms with Gasteiger partial charge in [-0.15, -0.1) is 0 Å². The molecule has 1 aromatic rings. The number of piperidine rings is 1. The van der Waals surface area contributed by atoms with Crippen molar-refractivity contribution >= 4 is 23.4 Å². The first-order chi connectivity index (χ1) is 9.54. The Hall–Kier alpha value is -2.57. The number of anilines is 1. The molecule has 0 spiro atoms. The molecule has 7 nitrogen and oxygen atoms in total. The summed E-state index contributed by atoms with van der Waals surface area (Å²) in [6, 6.07) is 5.49. The zero-order chi connectivity index (χ0) is 14.7. The van der Waals surface area contributed by atoms with Crippen molar-refractivity contribution in [2.45, 2.75) is 25.3 Å². The molecule has 1 atom stereocenters. The molecule has 2 rings (SSSR count). The fourth-order valence-corrected chi connectivity index (χ4v) is 2.28. The van der Waals surface area contributed by atoms with Crippen LogP contribution in [0, 0.1) is 0 Å². The first-order valence-electron chi connectivity index (χ1n) is 6.17. The Balaban J connectivity index is 2.32. The lowest BCUT2D eigenvalue weighted by molar-refractivity contribution is -0.141. The van der Waals surface area contributed by atoms with Gasteiger partial charge in [0.1, 0.15) is 6.04 Å². The number of hydrogen-bond donors (Lipinski definition) is 3. The zero-order valence-corrected chi connectivity index (χ0v) is 10.7. The number of amides is 1. The third-order valence-electron chi connectivity index (χ3n) is 3.28. The van der Waals surface area contributed by atoms with E-state index in [4.69, 9.17) is 10.9 Å². The third kappa shape index (κ3) is 2.56. The van der Waals surface area contributed by atoms with E-state index in [2.05, 4.69) is 5.16 Å². The molecule has 0 radical (unpaired) electrons. The van der Waals surface area contributed by atoms with E-state index in [1.165, 1.54) is 4.90 Å². The molecule has 1 aromatic carbocycles. The van der Waals surface area contributed by atoms with Crippen LogP contribution in [-0.4, -0.2) is 34.1 Å². The quantitative estimate of drug-likeness (QED) is 0.326. The Morgan fingerprint density at radius 2 is 2.00 bits per heavy atom. The average molecular weight is 277 g/mol. The lowest BCUT2D eigenvalue weighted by atomic mass is 10.0. The summed E-state index contributed by atoms with van der Waals surface area (Å²) in [5.41, 5.74) is 6.44. The van der Waals surface area contributed by atoms with Crippen LogP contribution >= 0.6 is 0 Å². The minimum Gasteiger partial charge on any atom is -0.480 e. The van der Waals surface area contributed by atoms with Crippen LogP contribution in [0.4, 0.5) is 5.69 Å². The molecule has 7 heteroatoms. The highest BCUT2D eigenvalue weighted by Crippen LogP contribution is 2.26. The largest absolute Gasteiger partial charge is 0.480 e. The van der Waals surface area contributed by atoms with Crippen LogP contribution in [0.1, 0.15) is 24.8 Å². The van der Waals surface area contributed by atoms with E-state index < -0.39 is 12.0 Å². The molecule has 0 aromatic heterocycles. The molecule has 0 bridgehead atoms. The van der Waals surface area contributed by atoms with E-state index in [1.54, 1.807) is 24.3 Å². The van der Waals surface area contributed by atoms with Crippen molar-refractivity contribution in [3.63, 3.8) is 0 Å². The maximum absolute atomic E-state index is 12.0. The maximum atomic E-state index is 12.0. The van der Waals surface area contributed by atoms with Gasteiger partial charge in [-0.3, -0.25) is 9.69 Å². The molecular weight excluding hydrogens is 262 g/mol. The fourth-order valence-electron chi connectivity index (χ4n) is 2.28. The number of carboxylic acids is 1. The van der Waals surface area contributed by atoms with Crippen molar-refractivity contribution in [1.29, 1.82) is 0 Å². The van der Waals surface area contributed by atoms with E-state index in [0.29, 0.717) is 30.5 Å². The van der Waals surface area contributed by atoms with Gasteiger partial charge in [0.2, 0.25) is 5.91 Å². The van der Waals surface area contributed by atoms with Crippen molar-refractivity contribution in [3.8, 4) is 0 Å². The lowest BCUT2D eigenvalue weighted by Crippen LogP contribution is -2.48. The monoisotopic (exact) mass is 277 g/mol. The zero-order valence-electron chi connectivity index (χ0n) is 10.7. The minimum atomic E-state index is -1.02. The van der Waals surface area contributed by atoms with E-state index >= 15 is 0 Å². The summed E-state index contributed by atoms with van der Waals surface area (Å²) in [5, 5.41) is 20.7. The van der Waals surface area contributed by atoms with Crippen LogP contribution in [0.2, 0.25) is 0 Å². The number of nitrogens with zero attached hydrogens (tertiary/aromatic N) is 2. The molecule has 1 fully saturated rings. The first-order valence-corrected chi connectivity index (χ1v) is 6.17. The van der Waals surface area contributed by atoms with E-state index in [9.17, 15) is 14.7 Å². The normalized spacial score (nSPS) is 20.0. The molecule has 0 aliphatic carbocycles. The number of amidine groups is 1. The molecule has 20 heavy (non-hydrogen) atoms. The molecule has 1 heterocycles. The van der Waals surface area contributed by atoms with Gasteiger partial charge >= 0.3 is 5.97 Å². The van der Waals surface area contributed by atoms with Crippen LogP contribution in [0.15, 0.2) is 29.4 Å². The summed E-state index contributed by atoms with van der Waals surface area (Å²) in [4.78, 5) is 24.5. The highest BCUT2D eigenvalue weighted by Gasteiger charge is 2.34. The molecule has 0 saturated carbocycles. The topological polar surface area (TPSA) is 116 Å². The molecule has 0 unspecified atom stereocenters. The Labute approximate surface area is 115 Å². The minimum absolute atomic E-state index is 0.0451. The van der Waals surface area contributed by atoms with Crippen LogP contribution in [-0.2, 0) is 9.59 Å². The van der Waals surface area contributed by atoms with E-state index in [-0.39, 0.29) is 11.7 Å². The molecule has 1 aliphatic heterocycles. The Bertz CT molecular complexity index is 553. The molecule has 1 amide bonds. The number of hydrogen-bond acceptors (Lipinski definition) is 4. The van der Waals surface area contributed by atoms with Crippen molar-refractivity contribution in [2.24, 2.45) is 10.9 Å². The number of carbonyl (C=O) groups excluding carboxylic acids is 1. The molecular formula is C13H15N3O4. The van der Waals surface area contributed by atoms with Gasteiger partial charge in [0.25, 0.3) is 0 Å². The van der Waals surface area contributed by atoms with Gasteiger partial charge in [-0.2, -0.15) is 0 Å². The summed E-state index contributed by atoms with van der Waals surface area (Å²) in [7, 11) is 0. The average Bonchev–Trinajstić information content (AvgIpc) is 2.46. The second kappa shape index (κ2) is 5.60. The van der Waals surface area contributed by atoms with Crippen LogP contribution in [0.25, 0.3) is 0 Å². The Kier molecular flexibility index (Phi) is 3.88. The summed E-state index contributed by atoms with van der Waals surface area (Å²) in [6.45, 7) is 0. The molecule has 4 N–H and O–H groups in total. The van der Waals surface area contributed by atoms with Gasteiger partial charge in [0.05, 0.1) is 0 Å². The van der Waals surface area contributed by atoms with Gasteiger partial charge in [-0.25, -0.2) is 4.79 Å². The van der Waals surface area contributed by atoms with Gasteiger partial charge in [0.15, 0.2) is 5.84 Å². The van der Waals surface area contributed by atoms with Crippen molar-refractivity contribution in [1.82, 2.24) is 0 Å². The Morgan fingerprint density at radius 1 is 1.35 bits per heavy atom. The van der Waals surface area contributed by atoms with Crippen LogP contribution in [0.3, 0.4) is 0 Å². The number of carboxylic acid groups (broad SMARTS) is 1. The smallest absolute Gasteiger partial charge is 0.326 e. The standard InChI is InChI=1S/C13H15N3O4/c14-12(15-20)8-4-6-9(7-5-8)16-10(13(18)19)2-1-3-11(16)17/h4-7,10,20H,1-3H2,(H2,14,15)(H,18,19)/t10-/m0/s1. The third-order valence-corrected chi connectivity index (χ3v) is 3.28. The van der Waals surface area contributed by atoms with E-state index in [0.717, 1.165) is 0 Å². The van der Waals surface area contributed by atoms with Gasteiger partial charge in [-0.05, 0) is 37.1 Å². The predicted octanol–water partition coefficient (Wildman–Crippen LogP) is 0.751. The van der Waals surface area contributed by atoms with Gasteiger partial charge in [0, 0.05) is 17.7 Å². The molecule has 1 saturated heterocycles. The number of carbonyl (C=O) groups is 2. The summed E-state index contributed by atoms with van der Waals surface area (Å²) < 4.78 is 0. The SMILES string of the molecule is N/C(=N\O)c1ccc(N2C(=O)CCC[C@H]2C(=O)O)cc1. The maximum Gasteiger partial charge on any atom is 0.326 e. The number of aliphatic carboxylic acids is 1. The summed E-state index contributed by atoms with van der Waals surface area (Å²) in [5.74, 6) is -1.27. The van der Waals surface area contributed by atoms with E-state index in [1.807, 2.05) is 0 Å².